The molecular weight excluding hydrogens is 128 g/mol. The molecule has 0 aliphatic carbocycles. The summed E-state index contributed by atoms with van der Waals surface area (Å²) in [7, 11) is 3.64. The highest BCUT2D eigenvalue weighted by Crippen LogP contribution is 2.03. The zero-order valence-corrected chi connectivity index (χ0v) is 7.13. The summed E-state index contributed by atoms with van der Waals surface area (Å²) in [5, 5.41) is 15.0. The fraction of sp³-hybridized carbons (Fsp3) is 0.857. The van der Waals surface area contributed by atoms with Crippen molar-refractivity contribution in [2.75, 3.05) is 14.1 Å². The van der Waals surface area contributed by atoms with Crippen LogP contribution in [0.2, 0.25) is 0 Å². The zero-order valence-electron chi connectivity index (χ0n) is 7.13. The molecule has 1 N–H and O–H groups in total. The largest absolute Gasteiger partial charge is 0.384 e. The molecule has 0 aliphatic heterocycles. The Labute approximate surface area is 62.3 Å². The molecule has 3 heteroatoms. The first kappa shape index (κ1) is 9.43. The van der Waals surface area contributed by atoms with Crippen LogP contribution in [0.5, 0.6) is 0 Å². The van der Waals surface area contributed by atoms with E-state index in [0.717, 1.165) is 0 Å². The predicted octanol–water partition coefficient (Wildman–Crippen LogP) is 0.695. The highest BCUT2D eigenvalue weighted by atomic mass is 16.3. The van der Waals surface area contributed by atoms with E-state index in [4.69, 9.17) is 0 Å². The molecule has 0 aromatic rings. The van der Waals surface area contributed by atoms with Crippen LogP contribution >= 0.6 is 0 Å². The molecule has 1 atom stereocenters. The van der Waals surface area contributed by atoms with Crippen molar-refractivity contribution < 1.29 is 5.11 Å². The molecule has 0 amide bonds. The van der Waals surface area contributed by atoms with Crippen molar-refractivity contribution in [2.24, 2.45) is 5.10 Å². The maximum absolute atomic E-state index is 9.40. The average Bonchev–Trinajstić information content (AvgIpc) is 1.85. The molecule has 0 aromatic heterocycles. The number of hydrogen-bond donors (Lipinski definition) is 1. The van der Waals surface area contributed by atoms with Gasteiger partial charge < -0.3 is 10.1 Å². The SMILES string of the molecule is CCC(C)(O)C=NN(C)C. The van der Waals surface area contributed by atoms with Crippen molar-refractivity contribution in [2.45, 2.75) is 25.9 Å². The van der Waals surface area contributed by atoms with Crippen LogP contribution in [0.3, 0.4) is 0 Å². The third-order valence-corrected chi connectivity index (χ3v) is 1.28. The molecule has 0 heterocycles. The molecule has 0 spiro atoms. The van der Waals surface area contributed by atoms with Gasteiger partial charge >= 0.3 is 0 Å². The molecule has 0 aliphatic rings. The Kier molecular flexibility index (Phi) is 3.36. The van der Waals surface area contributed by atoms with Gasteiger partial charge in [-0.2, -0.15) is 5.10 Å². The van der Waals surface area contributed by atoms with Gasteiger partial charge in [0.25, 0.3) is 0 Å². The van der Waals surface area contributed by atoms with E-state index in [1.54, 1.807) is 18.1 Å². The number of nitrogens with zero attached hydrogens (tertiary/aromatic N) is 2. The summed E-state index contributed by atoms with van der Waals surface area (Å²) in [6, 6.07) is 0. The van der Waals surface area contributed by atoms with Crippen LogP contribution in [0.25, 0.3) is 0 Å². The minimum atomic E-state index is -0.760. The van der Waals surface area contributed by atoms with E-state index < -0.39 is 5.60 Å². The van der Waals surface area contributed by atoms with Crippen LogP contribution in [-0.2, 0) is 0 Å². The third-order valence-electron chi connectivity index (χ3n) is 1.28. The summed E-state index contributed by atoms with van der Waals surface area (Å²) in [5.41, 5.74) is -0.760. The van der Waals surface area contributed by atoms with E-state index in [0.29, 0.717) is 6.42 Å². The van der Waals surface area contributed by atoms with Crippen molar-refractivity contribution in [1.29, 1.82) is 0 Å². The predicted molar refractivity (Wildman–Crippen MR) is 43.1 cm³/mol. The van der Waals surface area contributed by atoms with Gasteiger partial charge in [0.15, 0.2) is 0 Å². The summed E-state index contributed by atoms with van der Waals surface area (Å²) in [4.78, 5) is 0. The fourth-order valence-electron chi connectivity index (χ4n) is 0.331. The van der Waals surface area contributed by atoms with Crippen LogP contribution in [0.15, 0.2) is 5.10 Å². The van der Waals surface area contributed by atoms with Gasteiger partial charge in [-0.3, -0.25) is 0 Å². The van der Waals surface area contributed by atoms with Crippen LogP contribution in [0.4, 0.5) is 0 Å². The van der Waals surface area contributed by atoms with Crippen molar-refractivity contribution in [1.82, 2.24) is 5.01 Å². The molecule has 0 fully saturated rings. The molecule has 0 saturated heterocycles. The normalized spacial score (nSPS) is 17.3. The van der Waals surface area contributed by atoms with E-state index in [1.165, 1.54) is 0 Å². The Morgan fingerprint density at radius 1 is 1.60 bits per heavy atom. The molecule has 0 aromatic carbocycles. The highest BCUT2D eigenvalue weighted by Gasteiger charge is 2.13. The lowest BCUT2D eigenvalue weighted by Crippen LogP contribution is -2.25. The summed E-state index contributed by atoms with van der Waals surface area (Å²) >= 11 is 0. The van der Waals surface area contributed by atoms with Crippen LogP contribution in [-0.4, -0.2) is 36.0 Å². The van der Waals surface area contributed by atoms with Crippen molar-refractivity contribution in [3.63, 3.8) is 0 Å². The van der Waals surface area contributed by atoms with Crippen molar-refractivity contribution in [3.8, 4) is 0 Å². The second-order valence-electron chi connectivity index (χ2n) is 2.80. The number of rotatable bonds is 3. The van der Waals surface area contributed by atoms with E-state index in [2.05, 4.69) is 5.10 Å². The van der Waals surface area contributed by atoms with Gasteiger partial charge in [-0.1, -0.05) is 6.92 Å². The summed E-state index contributed by atoms with van der Waals surface area (Å²) < 4.78 is 0. The van der Waals surface area contributed by atoms with Crippen LogP contribution in [0, 0.1) is 0 Å². The lowest BCUT2D eigenvalue weighted by Gasteiger charge is -2.15. The molecule has 0 saturated carbocycles. The summed E-state index contributed by atoms with van der Waals surface area (Å²) in [5.74, 6) is 0. The van der Waals surface area contributed by atoms with Crippen LogP contribution < -0.4 is 0 Å². The second kappa shape index (κ2) is 3.56. The standard InChI is InChI=1S/C7H16N2O/c1-5-7(2,10)6-8-9(3)4/h6,10H,5H2,1-4H3. The number of hydrazone groups is 1. The van der Waals surface area contributed by atoms with E-state index >= 15 is 0 Å². The molecular formula is C7H16N2O. The molecule has 10 heavy (non-hydrogen) atoms. The van der Waals surface area contributed by atoms with Gasteiger partial charge in [-0.25, -0.2) is 0 Å². The van der Waals surface area contributed by atoms with Gasteiger partial charge in [0.2, 0.25) is 0 Å². The second-order valence-corrected chi connectivity index (χ2v) is 2.80. The van der Waals surface area contributed by atoms with Gasteiger partial charge in [-0.05, 0) is 13.3 Å². The average molecular weight is 144 g/mol. The summed E-state index contributed by atoms with van der Waals surface area (Å²) in [6.45, 7) is 3.65. The lowest BCUT2D eigenvalue weighted by atomic mass is 10.1. The molecule has 0 rings (SSSR count). The zero-order chi connectivity index (χ0) is 8.20. The van der Waals surface area contributed by atoms with Gasteiger partial charge in [0, 0.05) is 14.1 Å². The Balaban J connectivity index is 3.86. The molecule has 60 valence electrons. The Morgan fingerprint density at radius 3 is 2.40 bits per heavy atom. The monoisotopic (exact) mass is 144 g/mol. The molecule has 0 radical (unpaired) electrons. The van der Waals surface area contributed by atoms with Gasteiger partial charge in [-0.15, -0.1) is 0 Å². The minimum Gasteiger partial charge on any atom is -0.384 e. The summed E-state index contributed by atoms with van der Waals surface area (Å²) in [6.07, 6.45) is 2.23. The van der Waals surface area contributed by atoms with Gasteiger partial charge in [0.1, 0.15) is 0 Å². The number of aliphatic hydroxyl groups is 1. The molecule has 0 bridgehead atoms. The maximum Gasteiger partial charge on any atom is 0.0984 e. The van der Waals surface area contributed by atoms with E-state index in [9.17, 15) is 5.11 Å². The topological polar surface area (TPSA) is 35.8 Å². The number of hydrogen-bond acceptors (Lipinski definition) is 3. The molecule has 1 unspecified atom stereocenters. The minimum absolute atomic E-state index is 0.685. The Hall–Kier alpha value is -0.570. The lowest BCUT2D eigenvalue weighted by molar-refractivity contribution is 0.132. The quantitative estimate of drug-likeness (QED) is 0.467. The first-order valence-electron chi connectivity index (χ1n) is 3.43. The Morgan fingerprint density at radius 2 is 2.10 bits per heavy atom. The first-order valence-corrected chi connectivity index (χ1v) is 3.43. The third kappa shape index (κ3) is 4.32. The first-order chi connectivity index (χ1) is 4.48. The van der Waals surface area contributed by atoms with Crippen LogP contribution in [0.1, 0.15) is 20.3 Å². The van der Waals surface area contributed by atoms with Gasteiger partial charge in [0.05, 0.1) is 11.8 Å². The highest BCUT2D eigenvalue weighted by molar-refractivity contribution is 5.67. The van der Waals surface area contributed by atoms with Crippen molar-refractivity contribution in [3.05, 3.63) is 0 Å². The van der Waals surface area contributed by atoms with E-state index in [1.807, 2.05) is 21.0 Å². The smallest absolute Gasteiger partial charge is 0.0984 e. The van der Waals surface area contributed by atoms with Crippen molar-refractivity contribution >= 4 is 6.21 Å². The van der Waals surface area contributed by atoms with E-state index in [-0.39, 0.29) is 0 Å². The Bertz CT molecular complexity index is 119. The maximum atomic E-state index is 9.40. The molecule has 3 nitrogen and oxygen atoms in total. The fourth-order valence-corrected chi connectivity index (χ4v) is 0.331.